The second-order valence-corrected chi connectivity index (χ2v) is 11.8. The van der Waals surface area contributed by atoms with Gasteiger partial charge in [-0.3, -0.25) is 4.98 Å². The first kappa shape index (κ1) is 27.3. The third-order valence-corrected chi connectivity index (χ3v) is 7.11. The number of carbonyl (C=O) groups is 1. The number of likely N-dealkylation sites (tertiary alicyclic amines) is 1. The van der Waals surface area contributed by atoms with E-state index in [0.717, 1.165) is 5.56 Å². The predicted octanol–water partition coefficient (Wildman–Crippen LogP) is 4.23. The van der Waals surface area contributed by atoms with E-state index in [-0.39, 0.29) is 16.7 Å². The lowest BCUT2D eigenvalue weighted by molar-refractivity contribution is -0.144. The van der Waals surface area contributed by atoms with Gasteiger partial charge in [-0.25, -0.2) is 23.5 Å². The Morgan fingerprint density at radius 3 is 2.62 bits per heavy atom. The fourth-order valence-electron chi connectivity index (χ4n) is 5.13. The monoisotopic (exact) mass is 558 g/mol. The fourth-order valence-corrected chi connectivity index (χ4v) is 5.27. The zero-order chi connectivity index (χ0) is 28.3. The Morgan fingerprint density at radius 1 is 1.23 bits per heavy atom. The summed E-state index contributed by atoms with van der Waals surface area (Å²) >= 11 is 6.13. The van der Waals surface area contributed by atoms with Gasteiger partial charge >= 0.3 is 11.8 Å². The minimum Gasteiger partial charge on any atom is -0.444 e. The van der Waals surface area contributed by atoms with E-state index in [9.17, 15) is 14.0 Å². The highest BCUT2D eigenvalue weighted by atomic mass is 35.5. The number of aromatic nitrogens is 4. The highest BCUT2D eigenvalue weighted by molar-refractivity contribution is 6.30. The molecule has 10 nitrogen and oxygen atoms in total. The van der Waals surface area contributed by atoms with Crippen molar-refractivity contribution in [3.8, 4) is 5.69 Å². The number of hydrogen-bond donors (Lipinski definition) is 0. The maximum Gasteiger partial charge on any atom is 0.410 e. The van der Waals surface area contributed by atoms with Crippen molar-refractivity contribution in [2.75, 3.05) is 37.7 Å². The van der Waals surface area contributed by atoms with Crippen LogP contribution in [0.4, 0.5) is 15.0 Å². The smallest absolute Gasteiger partial charge is 0.410 e. The number of rotatable bonds is 3. The number of morpholine rings is 1. The first-order chi connectivity index (χ1) is 18.3. The summed E-state index contributed by atoms with van der Waals surface area (Å²) in [7, 11) is 0. The van der Waals surface area contributed by atoms with Crippen LogP contribution in [0.5, 0.6) is 0 Å². The van der Waals surface area contributed by atoms with Crippen LogP contribution in [-0.2, 0) is 9.47 Å². The summed E-state index contributed by atoms with van der Waals surface area (Å²) in [5, 5.41) is 0.000662. The standard InChI is InChI=1S/C27H32ClFN6O4/c1-15(2)19-20(16(3)7-8-30-19)35-23-17(11-18(29)21(28)31-23)22(32-24(35)36)33-9-10-38-27(12-33)13-34(14-27)25(37)39-26(4,5)6/h7-8,11,15H,9-10,12-14H2,1-6H3. The molecule has 0 atom stereocenters. The molecular formula is C27H32ClFN6O4. The van der Waals surface area contributed by atoms with Crippen LogP contribution in [0.25, 0.3) is 16.7 Å². The van der Waals surface area contributed by atoms with Gasteiger partial charge in [0.2, 0.25) is 0 Å². The molecule has 2 aliphatic rings. The molecule has 12 heteroatoms. The maximum absolute atomic E-state index is 14.8. The topological polar surface area (TPSA) is 103 Å². The Kier molecular flexibility index (Phi) is 6.79. The molecule has 0 aliphatic carbocycles. The Balaban J connectivity index is 1.56. The second-order valence-electron chi connectivity index (χ2n) is 11.5. The molecule has 0 aromatic carbocycles. The molecule has 0 bridgehead atoms. The van der Waals surface area contributed by atoms with Gasteiger partial charge in [0, 0.05) is 12.7 Å². The van der Waals surface area contributed by atoms with Gasteiger partial charge in [0.15, 0.2) is 16.6 Å². The number of fused-ring (bicyclic) bond motifs is 1. The average molecular weight is 559 g/mol. The highest BCUT2D eigenvalue weighted by Gasteiger charge is 2.50. The number of pyridine rings is 2. The molecule has 39 heavy (non-hydrogen) atoms. The Morgan fingerprint density at radius 2 is 1.95 bits per heavy atom. The number of nitrogens with zero attached hydrogens (tertiary/aromatic N) is 6. The Hall–Kier alpha value is -3.31. The molecule has 1 spiro atoms. The summed E-state index contributed by atoms with van der Waals surface area (Å²) in [6, 6.07) is 3.07. The molecule has 2 aliphatic heterocycles. The van der Waals surface area contributed by atoms with Crippen molar-refractivity contribution in [1.82, 2.24) is 24.4 Å². The van der Waals surface area contributed by atoms with Crippen molar-refractivity contribution in [1.29, 1.82) is 0 Å². The molecule has 5 rings (SSSR count). The summed E-state index contributed by atoms with van der Waals surface area (Å²) in [6.45, 7) is 13.1. The van der Waals surface area contributed by atoms with Crippen LogP contribution in [0.1, 0.15) is 51.8 Å². The summed E-state index contributed by atoms with van der Waals surface area (Å²) in [5.41, 5.74) is 0.414. The first-order valence-corrected chi connectivity index (χ1v) is 13.3. The van der Waals surface area contributed by atoms with Gasteiger partial charge in [0.1, 0.15) is 17.0 Å². The molecule has 0 N–H and O–H groups in total. The third-order valence-electron chi connectivity index (χ3n) is 6.84. The minimum absolute atomic E-state index is 0.00286. The van der Waals surface area contributed by atoms with Crippen molar-refractivity contribution in [3.05, 3.63) is 51.0 Å². The van der Waals surface area contributed by atoms with Gasteiger partial charge in [0.05, 0.1) is 43.0 Å². The number of ether oxygens (including phenoxy) is 2. The van der Waals surface area contributed by atoms with Crippen LogP contribution < -0.4 is 10.6 Å². The van der Waals surface area contributed by atoms with Gasteiger partial charge in [-0.05, 0) is 51.3 Å². The van der Waals surface area contributed by atoms with Crippen molar-refractivity contribution >= 4 is 34.5 Å². The van der Waals surface area contributed by atoms with Crippen LogP contribution in [0, 0.1) is 12.7 Å². The highest BCUT2D eigenvalue weighted by Crippen LogP contribution is 2.35. The maximum atomic E-state index is 14.8. The van der Waals surface area contributed by atoms with E-state index in [0.29, 0.717) is 55.4 Å². The van der Waals surface area contributed by atoms with E-state index >= 15 is 0 Å². The summed E-state index contributed by atoms with van der Waals surface area (Å²) in [6.07, 6.45) is 1.28. The van der Waals surface area contributed by atoms with Gasteiger partial charge in [0.25, 0.3) is 0 Å². The third kappa shape index (κ3) is 5.05. The zero-order valence-electron chi connectivity index (χ0n) is 22.9. The number of hydrogen-bond acceptors (Lipinski definition) is 8. The van der Waals surface area contributed by atoms with Crippen LogP contribution >= 0.6 is 11.6 Å². The first-order valence-electron chi connectivity index (χ1n) is 12.9. The summed E-state index contributed by atoms with van der Waals surface area (Å²) in [4.78, 5) is 42.9. The van der Waals surface area contributed by atoms with Crippen molar-refractivity contribution in [2.45, 2.75) is 58.7 Å². The SMILES string of the molecule is Cc1ccnc(C(C)C)c1-n1c(=O)nc(N2CCOC3(CN(C(=O)OC(C)(C)C)C3)C2)c2cc(F)c(Cl)nc21. The molecule has 208 valence electrons. The largest absolute Gasteiger partial charge is 0.444 e. The minimum atomic E-state index is -0.716. The van der Waals surface area contributed by atoms with Crippen LogP contribution in [0.2, 0.25) is 5.15 Å². The van der Waals surface area contributed by atoms with Crippen LogP contribution in [0.15, 0.2) is 23.1 Å². The lowest BCUT2D eigenvalue weighted by Crippen LogP contribution is -2.71. The molecule has 2 saturated heterocycles. The van der Waals surface area contributed by atoms with Crippen molar-refractivity contribution in [2.24, 2.45) is 0 Å². The van der Waals surface area contributed by atoms with E-state index in [2.05, 4.69) is 15.0 Å². The normalized spacial score (nSPS) is 17.2. The summed E-state index contributed by atoms with van der Waals surface area (Å²) in [5.74, 6) is -0.421. The van der Waals surface area contributed by atoms with Gasteiger partial charge in [-0.15, -0.1) is 0 Å². The van der Waals surface area contributed by atoms with E-state index < -0.39 is 28.8 Å². The predicted molar refractivity (Wildman–Crippen MR) is 145 cm³/mol. The lowest BCUT2D eigenvalue weighted by Gasteiger charge is -2.53. The Labute approximate surface area is 230 Å². The summed E-state index contributed by atoms with van der Waals surface area (Å²) < 4.78 is 27.7. The quantitative estimate of drug-likeness (QED) is 0.440. The van der Waals surface area contributed by atoms with Crippen LogP contribution in [-0.4, -0.2) is 74.5 Å². The number of aryl methyl sites for hydroxylation is 1. The average Bonchev–Trinajstić information content (AvgIpc) is 2.82. The van der Waals surface area contributed by atoms with Gasteiger partial charge in [-0.1, -0.05) is 25.4 Å². The molecule has 1 amide bonds. The molecule has 0 radical (unpaired) electrons. The van der Waals surface area contributed by atoms with Crippen LogP contribution in [0.3, 0.4) is 0 Å². The fraction of sp³-hybridized carbons (Fsp3) is 0.519. The van der Waals surface area contributed by atoms with Gasteiger partial charge in [-0.2, -0.15) is 4.98 Å². The van der Waals surface area contributed by atoms with E-state index in [1.165, 1.54) is 10.6 Å². The lowest BCUT2D eigenvalue weighted by atomic mass is 9.92. The Bertz CT molecular complexity index is 1510. The zero-order valence-corrected chi connectivity index (χ0v) is 23.7. The van der Waals surface area contributed by atoms with Crippen molar-refractivity contribution < 1.29 is 18.7 Å². The van der Waals surface area contributed by atoms with Crippen molar-refractivity contribution in [3.63, 3.8) is 0 Å². The van der Waals surface area contributed by atoms with Gasteiger partial charge < -0.3 is 19.3 Å². The molecule has 2 fully saturated rings. The molecule has 0 saturated carbocycles. The molecular weight excluding hydrogens is 527 g/mol. The number of carbonyl (C=O) groups excluding carboxylic acids is 1. The number of amides is 1. The molecule has 3 aromatic rings. The van der Waals surface area contributed by atoms with E-state index in [1.54, 1.807) is 17.2 Å². The molecule has 0 unspecified atom stereocenters. The van der Waals surface area contributed by atoms with E-state index in [1.807, 2.05) is 46.4 Å². The molecule has 5 heterocycles. The molecule has 3 aromatic heterocycles. The number of anilines is 1. The van der Waals surface area contributed by atoms with E-state index in [4.69, 9.17) is 21.1 Å². The second kappa shape index (κ2) is 9.71. The number of halogens is 2.